The van der Waals surface area contributed by atoms with E-state index in [1.807, 2.05) is 66.7 Å². The average Bonchev–Trinajstić information content (AvgIpc) is 2.45. The maximum absolute atomic E-state index is 7.09. The largest absolute Gasteiger partial charge is 0.308 e. The summed E-state index contributed by atoms with van der Waals surface area (Å²) in [6.07, 6.45) is 3.11. The summed E-state index contributed by atoms with van der Waals surface area (Å²) in [6, 6.07) is 5.94. The summed E-state index contributed by atoms with van der Waals surface area (Å²) in [5, 5.41) is 7.09. The van der Waals surface area contributed by atoms with E-state index in [-0.39, 0.29) is 0 Å². The van der Waals surface area contributed by atoms with Gasteiger partial charge in [-0.25, -0.2) is 0 Å². The monoisotopic (exact) mass is 235 g/mol. The van der Waals surface area contributed by atoms with E-state index >= 15 is 0 Å². The van der Waals surface area contributed by atoms with Crippen LogP contribution in [0.1, 0.15) is 58.2 Å². The van der Waals surface area contributed by atoms with Gasteiger partial charge in [0.1, 0.15) is 0 Å². The van der Waals surface area contributed by atoms with Crippen molar-refractivity contribution in [1.82, 2.24) is 0 Å². The Bertz CT molecular complexity index is 288. The Labute approximate surface area is 108 Å². The highest BCUT2D eigenvalue weighted by atomic mass is 14.3. The quantitative estimate of drug-likeness (QED) is 0.634. The van der Waals surface area contributed by atoms with E-state index in [0.29, 0.717) is 0 Å². The van der Waals surface area contributed by atoms with Crippen LogP contribution in [0.2, 0.25) is 0 Å². The maximum Gasteiger partial charge on any atom is 0.0256 e. The first-order valence-corrected chi connectivity index (χ1v) is 6.51. The Morgan fingerprint density at radius 2 is 1.41 bits per heavy atom. The highest BCUT2D eigenvalue weighted by Crippen LogP contribution is 2.10. The van der Waals surface area contributed by atoms with Gasteiger partial charge >= 0.3 is 0 Å². The molecule has 0 unspecified atom stereocenters. The molecule has 0 heterocycles. The van der Waals surface area contributed by atoms with Gasteiger partial charge in [-0.2, -0.15) is 0 Å². The number of benzene rings is 1. The molecular weight excluding hydrogens is 206 g/mol. The number of aryl methyl sites for hydroxylation is 1. The zero-order valence-corrected chi connectivity index (χ0v) is 12.6. The number of hydrogen-bond acceptors (Lipinski definition) is 1. The second-order valence-corrected chi connectivity index (χ2v) is 2.48. The SMILES string of the molecule is C=Cc1cc(C)ccc1C=N.CC.CC.CC. The van der Waals surface area contributed by atoms with Crippen LogP contribution in [0, 0.1) is 12.3 Å². The predicted molar refractivity (Wildman–Crippen MR) is 83.2 cm³/mol. The summed E-state index contributed by atoms with van der Waals surface area (Å²) in [5.41, 5.74) is 3.15. The Balaban J connectivity index is -0.000000285. The molecule has 0 saturated carbocycles. The van der Waals surface area contributed by atoms with Crippen molar-refractivity contribution >= 4 is 12.3 Å². The molecule has 0 radical (unpaired) electrons. The van der Waals surface area contributed by atoms with Crippen LogP contribution in [0.3, 0.4) is 0 Å². The minimum absolute atomic E-state index is 0.922. The van der Waals surface area contributed by atoms with Gasteiger partial charge in [-0.1, -0.05) is 78.0 Å². The fourth-order valence-electron chi connectivity index (χ4n) is 1.00. The van der Waals surface area contributed by atoms with Gasteiger partial charge in [0.2, 0.25) is 0 Å². The van der Waals surface area contributed by atoms with Crippen molar-refractivity contribution in [3.05, 3.63) is 41.5 Å². The number of rotatable bonds is 2. The van der Waals surface area contributed by atoms with Gasteiger partial charge in [0.25, 0.3) is 0 Å². The lowest BCUT2D eigenvalue weighted by molar-refractivity contribution is 1.44. The molecular formula is C16H29N. The van der Waals surface area contributed by atoms with E-state index in [0.717, 1.165) is 11.1 Å². The topological polar surface area (TPSA) is 23.9 Å². The molecule has 1 aromatic carbocycles. The molecule has 1 heteroatoms. The van der Waals surface area contributed by atoms with Crippen LogP contribution in [-0.4, -0.2) is 6.21 Å². The normalized spacial score (nSPS) is 7.00. The second kappa shape index (κ2) is 17.0. The van der Waals surface area contributed by atoms with E-state index in [1.54, 1.807) is 6.08 Å². The van der Waals surface area contributed by atoms with Crippen molar-refractivity contribution in [3.63, 3.8) is 0 Å². The van der Waals surface area contributed by atoms with Gasteiger partial charge in [0.05, 0.1) is 0 Å². The van der Waals surface area contributed by atoms with E-state index in [4.69, 9.17) is 5.41 Å². The summed E-state index contributed by atoms with van der Waals surface area (Å²) in [7, 11) is 0. The van der Waals surface area contributed by atoms with E-state index in [9.17, 15) is 0 Å². The molecule has 1 aromatic rings. The van der Waals surface area contributed by atoms with Gasteiger partial charge in [-0.15, -0.1) is 0 Å². The Morgan fingerprint density at radius 1 is 0.941 bits per heavy atom. The molecule has 0 atom stereocenters. The molecule has 0 aliphatic rings. The Kier molecular flexibility index (Phi) is 21.0. The first kappa shape index (κ1) is 21.0. The van der Waals surface area contributed by atoms with E-state index < -0.39 is 0 Å². The Morgan fingerprint density at radius 3 is 1.76 bits per heavy atom. The van der Waals surface area contributed by atoms with Crippen molar-refractivity contribution in [2.24, 2.45) is 0 Å². The van der Waals surface area contributed by atoms with Gasteiger partial charge < -0.3 is 5.41 Å². The van der Waals surface area contributed by atoms with Gasteiger partial charge in [0.15, 0.2) is 0 Å². The summed E-state index contributed by atoms with van der Waals surface area (Å²) in [4.78, 5) is 0. The number of hydrogen-bond donors (Lipinski definition) is 1. The second-order valence-electron chi connectivity index (χ2n) is 2.48. The highest BCUT2D eigenvalue weighted by molar-refractivity contribution is 5.83. The molecule has 1 N–H and O–H groups in total. The molecule has 98 valence electrons. The third-order valence-corrected chi connectivity index (χ3v) is 1.62. The van der Waals surface area contributed by atoms with Crippen LogP contribution < -0.4 is 0 Å². The first-order chi connectivity index (χ1) is 8.27. The van der Waals surface area contributed by atoms with Crippen LogP contribution in [0.15, 0.2) is 24.8 Å². The average molecular weight is 235 g/mol. The minimum Gasteiger partial charge on any atom is -0.308 e. The molecule has 0 amide bonds. The van der Waals surface area contributed by atoms with Crippen LogP contribution in [0.25, 0.3) is 6.08 Å². The zero-order chi connectivity index (χ0) is 14.3. The van der Waals surface area contributed by atoms with Crippen molar-refractivity contribution in [2.45, 2.75) is 48.5 Å². The molecule has 1 rings (SSSR count). The highest BCUT2D eigenvalue weighted by Gasteiger charge is 1.94. The summed E-state index contributed by atoms with van der Waals surface area (Å²) >= 11 is 0. The van der Waals surface area contributed by atoms with E-state index in [2.05, 4.69) is 6.58 Å². The lowest BCUT2D eigenvalue weighted by Gasteiger charge is -1.99. The summed E-state index contributed by atoms with van der Waals surface area (Å²) in [5.74, 6) is 0. The van der Waals surface area contributed by atoms with Crippen molar-refractivity contribution in [2.75, 3.05) is 0 Å². The molecule has 1 nitrogen and oxygen atoms in total. The Hall–Kier alpha value is -1.37. The minimum atomic E-state index is 0.922. The molecule has 0 aromatic heterocycles. The maximum atomic E-state index is 7.09. The van der Waals surface area contributed by atoms with Gasteiger partial charge in [-0.3, -0.25) is 0 Å². The third kappa shape index (κ3) is 9.55. The predicted octanol–water partition coefficient (Wildman–Crippen LogP) is 5.71. The lowest BCUT2D eigenvalue weighted by atomic mass is 10.1. The third-order valence-electron chi connectivity index (χ3n) is 1.62. The molecule has 0 fully saturated rings. The molecule has 0 saturated heterocycles. The molecule has 0 aliphatic carbocycles. The van der Waals surface area contributed by atoms with Crippen molar-refractivity contribution in [3.8, 4) is 0 Å². The van der Waals surface area contributed by atoms with Gasteiger partial charge in [0, 0.05) is 6.21 Å². The van der Waals surface area contributed by atoms with Crippen LogP contribution in [0.5, 0.6) is 0 Å². The fraction of sp³-hybridized carbons (Fsp3) is 0.438. The summed E-state index contributed by atoms with van der Waals surface area (Å²) in [6.45, 7) is 17.7. The van der Waals surface area contributed by atoms with Gasteiger partial charge in [-0.05, 0) is 18.1 Å². The molecule has 17 heavy (non-hydrogen) atoms. The van der Waals surface area contributed by atoms with Crippen molar-refractivity contribution < 1.29 is 0 Å². The van der Waals surface area contributed by atoms with Crippen LogP contribution in [0.4, 0.5) is 0 Å². The standard InChI is InChI=1S/C10H11N.3C2H6/c1-3-9-6-8(2)4-5-10(9)7-11;3*1-2/h3-7,11H,1H2,2H3;3*1-2H3. The smallest absolute Gasteiger partial charge is 0.0256 e. The van der Waals surface area contributed by atoms with Crippen molar-refractivity contribution in [1.29, 1.82) is 5.41 Å². The molecule has 0 spiro atoms. The van der Waals surface area contributed by atoms with Crippen LogP contribution in [-0.2, 0) is 0 Å². The van der Waals surface area contributed by atoms with E-state index in [1.165, 1.54) is 11.8 Å². The molecule has 0 aliphatic heterocycles. The zero-order valence-electron chi connectivity index (χ0n) is 12.6. The summed E-state index contributed by atoms with van der Waals surface area (Å²) < 4.78 is 0. The molecule has 0 bridgehead atoms. The first-order valence-electron chi connectivity index (χ1n) is 6.51. The fourth-order valence-corrected chi connectivity index (χ4v) is 1.00. The van der Waals surface area contributed by atoms with Crippen LogP contribution >= 0.6 is 0 Å². The lowest BCUT2D eigenvalue weighted by Crippen LogP contribution is -1.85. The number of nitrogens with one attached hydrogen (secondary N) is 1.